The van der Waals surface area contributed by atoms with Crippen LogP contribution in [0.15, 0.2) is 48.8 Å². The molecule has 0 spiro atoms. The number of ketones is 1. The average molecular weight is 365 g/mol. The quantitative estimate of drug-likeness (QED) is 0.554. The summed E-state index contributed by atoms with van der Waals surface area (Å²) in [6.07, 6.45) is 2.29. The maximum atomic E-state index is 12.3. The zero-order chi connectivity index (χ0) is 19.6. The number of carbonyl (C=O) groups excluding carboxylic acids is 3. The number of anilines is 1. The van der Waals surface area contributed by atoms with E-state index in [2.05, 4.69) is 10.3 Å². The molecular weight excluding hydrogens is 346 g/mol. The Balaban J connectivity index is 1.70. The summed E-state index contributed by atoms with van der Waals surface area (Å²) in [6.45, 7) is 4.81. The van der Waals surface area contributed by atoms with Gasteiger partial charge >= 0.3 is 5.97 Å². The van der Waals surface area contributed by atoms with Gasteiger partial charge in [-0.3, -0.25) is 9.59 Å². The fourth-order valence-corrected chi connectivity index (χ4v) is 2.59. The van der Waals surface area contributed by atoms with Crippen molar-refractivity contribution in [2.75, 3.05) is 5.32 Å². The van der Waals surface area contributed by atoms with Crippen molar-refractivity contribution in [3.8, 4) is 0 Å². The number of fused-ring (bicyclic) bond motifs is 1. The van der Waals surface area contributed by atoms with E-state index < -0.39 is 18.0 Å². The minimum atomic E-state index is -1.05. The average Bonchev–Trinajstić information content (AvgIpc) is 3.05. The highest BCUT2D eigenvalue weighted by molar-refractivity contribution is 6.05. The summed E-state index contributed by atoms with van der Waals surface area (Å²) < 4.78 is 6.92. The number of hydrogen-bond donors (Lipinski definition) is 1. The van der Waals surface area contributed by atoms with Gasteiger partial charge in [0.05, 0.1) is 5.69 Å². The summed E-state index contributed by atoms with van der Waals surface area (Å²) in [4.78, 5) is 40.5. The van der Waals surface area contributed by atoms with Crippen molar-refractivity contribution in [3.63, 3.8) is 0 Å². The van der Waals surface area contributed by atoms with Crippen molar-refractivity contribution in [3.05, 3.63) is 65.6 Å². The minimum Gasteiger partial charge on any atom is -0.448 e. The van der Waals surface area contributed by atoms with Gasteiger partial charge in [0.25, 0.3) is 5.91 Å². The van der Waals surface area contributed by atoms with Gasteiger partial charge in [-0.1, -0.05) is 12.1 Å². The van der Waals surface area contributed by atoms with E-state index in [4.69, 9.17) is 4.74 Å². The molecule has 0 aliphatic rings. The lowest BCUT2D eigenvalue weighted by atomic mass is 10.1. The predicted octanol–water partition coefficient (Wildman–Crippen LogP) is 3.03. The number of pyridine rings is 1. The van der Waals surface area contributed by atoms with Crippen molar-refractivity contribution in [2.45, 2.75) is 26.9 Å². The lowest BCUT2D eigenvalue weighted by molar-refractivity contribution is -0.123. The molecule has 0 saturated heterocycles. The monoisotopic (exact) mass is 365 g/mol. The number of esters is 1. The van der Waals surface area contributed by atoms with Crippen LogP contribution in [0.1, 0.15) is 40.3 Å². The van der Waals surface area contributed by atoms with Crippen molar-refractivity contribution >= 4 is 29.0 Å². The predicted molar refractivity (Wildman–Crippen MR) is 99.9 cm³/mol. The summed E-state index contributed by atoms with van der Waals surface area (Å²) in [5.41, 5.74) is 2.52. The first-order chi connectivity index (χ1) is 12.8. The summed E-state index contributed by atoms with van der Waals surface area (Å²) in [5, 5.41) is 2.62. The molecule has 0 bridgehead atoms. The van der Waals surface area contributed by atoms with Crippen molar-refractivity contribution in [2.24, 2.45) is 0 Å². The Morgan fingerprint density at radius 3 is 2.67 bits per heavy atom. The highest BCUT2D eigenvalue weighted by atomic mass is 16.5. The highest BCUT2D eigenvalue weighted by Crippen LogP contribution is 2.16. The van der Waals surface area contributed by atoms with E-state index in [1.807, 2.05) is 19.1 Å². The molecule has 138 valence electrons. The fourth-order valence-electron chi connectivity index (χ4n) is 2.59. The smallest absolute Gasteiger partial charge is 0.359 e. The van der Waals surface area contributed by atoms with Crippen LogP contribution in [0.2, 0.25) is 0 Å². The Hall–Kier alpha value is -3.48. The number of carbonyl (C=O) groups is 3. The molecule has 7 nitrogen and oxygen atoms in total. The molecule has 0 radical (unpaired) electrons. The molecule has 1 N–H and O–H groups in total. The Labute approximate surface area is 156 Å². The third-order valence-electron chi connectivity index (χ3n) is 4.04. The number of ether oxygens (including phenoxy) is 1. The second-order valence-corrected chi connectivity index (χ2v) is 6.23. The van der Waals surface area contributed by atoms with E-state index in [9.17, 15) is 14.4 Å². The molecule has 0 fully saturated rings. The number of aromatic nitrogens is 2. The minimum absolute atomic E-state index is 0.115. The standard InChI is InChI=1S/C20H19N3O4/c1-12-8-9-23-11-17(21-18(23)10-12)20(26)27-14(3)19(25)22-16-7-5-4-6-15(16)13(2)24/h4-11,14H,1-3H3,(H,22,25)/t14-/m0/s1. The van der Waals surface area contributed by atoms with Gasteiger partial charge in [0.2, 0.25) is 0 Å². The van der Waals surface area contributed by atoms with Gasteiger partial charge in [0.1, 0.15) is 5.65 Å². The normalized spacial score (nSPS) is 11.8. The molecule has 0 aliphatic carbocycles. The summed E-state index contributed by atoms with van der Waals surface area (Å²) in [6, 6.07) is 10.4. The second-order valence-electron chi connectivity index (χ2n) is 6.23. The number of rotatable bonds is 5. The van der Waals surface area contributed by atoms with E-state index >= 15 is 0 Å². The van der Waals surface area contributed by atoms with Crippen LogP contribution in [0.4, 0.5) is 5.69 Å². The molecule has 0 saturated carbocycles. The van der Waals surface area contributed by atoms with E-state index in [1.54, 1.807) is 41.1 Å². The molecule has 0 unspecified atom stereocenters. The SMILES string of the molecule is CC(=O)c1ccccc1NC(=O)[C@H](C)OC(=O)c1cn2ccc(C)cc2n1. The van der Waals surface area contributed by atoms with E-state index in [0.717, 1.165) is 5.56 Å². The van der Waals surface area contributed by atoms with Gasteiger partial charge in [-0.25, -0.2) is 9.78 Å². The van der Waals surface area contributed by atoms with Crippen molar-refractivity contribution < 1.29 is 19.1 Å². The van der Waals surface area contributed by atoms with Crippen molar-refractivity contribution in [1.82, 2.24) is 9.38 Å². The maximum absolute atomic E-state index is 12.3. The van der Waals surface area contributed by atoms with Crippen LogP contribution in [-0.2, 0) is 9.53 Å². The zero-order valence-corrected chi connectivity index (χ0v) is 15.2. The lowest BCUT2D eigenvalue weighted by Gasteiger charge is -2.14. The highest BCUT2D eigenvalue weighted by Gasteiger charge is 2.22. The van der Waals surface area contributed by atoms with Gasteiger partial charge in [0.15, 0.2) is 17.6 Å². The van der Waals surface area contributed by atoms with Gasteiger partial charge in [-0.2, -0.15) is 0 Å². The molecule has 2 heterocycles. The Kier molecular flexibility index (Phi) is 5.03. The molecule has 3 rings (SSSR count). The molecule has 1 aromatic carbocycles. The lowest BCUT2D eigenvalue weighted by Crippen LogP contribution is -2.30. The van der Waals surface area contributed by atoms with Crippen LogP contribution < -0.4 is 5.32 Å². The first-order valence-electron chi connectivity index (χ1n) is 8.42. The molecule has 1 atom stereocenters. The number of Topliss-reactive ketones (excluding diaryl/α,β-unsaturated/α-hetero) is 1. The number of aryl methyl sites for hydroxylation is 1. The largest absolute Gasteiger partial charge is 0.448 e. The summed E-state index contributed by atoms with van der Waals surface area (Å²) >= 11 is 0. The van der Waals surface area contributed by atoms with Crippen LogP contribution in [0.5, 0.6) is 0 Å². The number of amides is 1. The maximum Gasteiger partial charge on any atom is 0.359 e. The van der Waals surface area contributed by atoms with Crippen LogP contribution >= 0.6 is 0 Å². The Morgan fingerprint density at radius 1 is 1.19 bits per heavy atom. The van der Waals surface area contributed by atoms with Crippen LogP contribution in [0.25, 0.3) is 5.65 Å². The van der Waals surface area contributed by atoms with Gasteiger partial charge in [-0.15, -0.1) is 0 Å². The first-order valence-corrected chi connectivity index (χ1v) is 8.42. The number of hydrogen-bond acceptors (Lipinski definition) is 5. The molecular formula is C20H19N3O4. The summed E-state index contributed by atoms with van der Waals surface area (Å²) in [7, 11) is 0. The van der Waals surface area contributed by atoms with Gasteiger partial charge in [-0.05, 0) is 50.6 Å². The Bertz CT molecular complexity index is 1040. The Morgan fingerprint density at radius 2 is 1.93 bits per heavy atom. The third kappa shape index (κ3) is 4.03. The second kappa shape index (κ2) is 7.41. The number of imidazole rings is 1. The summed E-state index contributed by atoms with van der Waals surface area (Å²) in [5.74, 6) is -1.40. The number of para-hydroxylation sites is 1. The van der Waals surface area contributed by atoms with E-state index in [0.29, 0.717) is 16.9 Å². The third-order valence-corrected chi connectivity index (χ3v) is 4.04. The molecule has 0 aliphatic heterocycles. The molecule has 27 heavy (non-hydrogen) atoms. The van der Waals surface area contributed by atoms with E-state index in [1.165, 1.54) is 13.8 Å². The van der Waals surface area contributed by atoms with Crippen LogP contribution in [0.3, 0.4) is 0 Å². The number of nitrogens with one attached hydrogen (secondary N) is 1. The van der Waals surface area contributed by atoms with Crippen LogP contribution in [-0.4, -0.2) is 33.1 Å². The van der Waals surface area contributed by atoms with Gasteiger partial charge < -0.3 is 14.5 Å². The van der Waals surface area contributed by atoms with Crippen LogP contribution in [0, 0.1) is 6.92 Å². The van der Waals surface area contributed by atoms with Crippen molar-refractivity contribution in [1.29, 1.82) is 0 Å². The van der Waals surface area contributed by atoms with Gasteiger partial charge in [0, 0.05) is 18.0 Å². The topological polar surface area (TPSA) is 89.8 Å². The molecule has 1 amide bonds. The fraction of sp³-hybridized carbons (Fsp3) is 0.200. The molecule has 7 heteroatoms. The van der Waals surface area contributed by atoms with E-state index in [-0.39, 0.29) is 11.5 Å². The molecule has 2 aromatic heterocycles. The number of benzene rings is 1. The first kappa shape index (κ1) is 18.3. The zero-order valence-electron chi connectivity index (χ0n) is 15.2. The number of nitrogens with zero attached hydrogens (tertiary/aromatic N) is 2. The molecule has 3 aromatic rings.